The van der Waals surface area contributed by atoms with Crippen molar-refractivity contribution in [1.29, 1.82) is 0 Å². The summed E-state index contributed by atoms with van der Waals surface area (Å²) >= 11 is 0. The Morgan fingerprint density at radius 2 is 2.06 bits per heavy atom. The lowest BCUT2D eigenvalue weighted by Gasteiger charge is -2.55. The summed E-state index contributed by atoms with van der Waals surface area (Å²) in [7, 11) is 0. The summed E-state index contributed by atoms with van der Waals surface area (Å²) in [5.74, 6) is 0.272. The van der Waals surface area contributed by atoms with Gasteiger partial charge in [0.15, 0.2) is 5.79 Å². The van der Waals surface area contributed by atoms with Gasteiger partial charge in [-0.15, -0.1) is 0 Å². The van der Waals surface area contributed by atoms with Gasteiger partial charge < -0.3 is 14.6 Å². The van der Waals surface area contributed by atoms with Gasteiger partial charge in [-0.25, -0.2) is 0 Å². The molecular formula is C15H26O3. The van der Waals surface area contributed by atoms with Crippen molar-refractivity contribution in [2.45, 2.75) is 64.8 Å². The fourth-order valence-electron chi connectivity index (χ4n) is 4.92. The summed E-state index contributed by atoms with van der Waals surface area (Å²) in [6.07, 6.45) is 5.00. The molecule has 104 valence electrons. The summed E-state index contributed by atoms with van der Waals surface area (Å²) in [5, 5.41) is 10.3. The molecule has 1 heterocycles. The molecule has 0 aromatic carbocycles. The van der Waals surface area contributed by atoms with Crippen LogP contribution in [0.4, 0.5) is 0 Å². The first-order valence-corrected chi connectivity index (χ1v) is 7.40. The molecule has 2 aliphatic carbocycles. The van der Waals surface area contributed by atoms with Crippen molar-refractivity contribution >= 4 is 0 Å². The minimum absolute atomic E-state index is 0.0182. The van der Waals surface area contributed by atoms with Gasteiger partial charge in [0.05, 0.1) is 12.7 Å². The maximum atomic E-state index is 10.3. The summed E-state index contributed by atoms with van der Waals surface area (Å²) in [6, 6.07) is 0. The summed E-state index contributed by atoms with van der Waals surface area (Å²) in [5.41, 5.74) is 0.278. The molecule has 2 bridgehead atoms. The molecule has 0 aromatic rings. The van der Waals surface area contributed by atoms with E-state index in [9.17, 15) is 5.11 Å². The fraction of sp³-hybridized carbons (Fsp3) is 1.00. The highest BCUT2D eigenvalue weighted by molar-refractivity contribution is 5.09. The average molecular weight is 254 g/mol. The Labute approximate surface area is 110 Å². The number of ether oxygens (including phenoxy) is 2. The van der Waals surface area contributed by atoms with Crippen LogP contribution in [0, 0.1) is 16.7 Å². The first-order chi connectivity index (χ1) is 8.44. The molecule has 3 aliphatic rings. The highest BCUT2D eigenvalue weighted by atomic mass is 16.7. The predicted octanol–water partition coefficient (Wildman–Crippen LogP) is 2.72. The molecule has 2 saturated carbocycles. The van der Waals surface area contributed by atoms with Gasteiger partial charge in [0, 0.05) is 24.9 Å². The van der Waals surface area contributed by atoms with E-state index in [1.54, 1.807) is 0 Å². The molecule has 3 nitrogen and oxygen atoms in total. The average Bonchev–Trinajstić information content (AvgIpc) is 2.59. The lowest BCUT2D eigenvalue weighted by molar-refractivity contribution is -0.220. The third-order valence-electron chi connectivity index (χ3n) is 5.88. The summed E-state index contributed by atoms with van der Waals surface area (Å²) in [4.78, 5) is 0. The van der Waals surface area contributed by atoms with Gasteiger partial charge in [-0.3, -0.25) is 0 Å². The minimum Gasteiger partial charge on any atom is -0.393 e. The first-order valence-electron chi connectivity index (χ1n) is 7.40. The molecule has 1 N–H and O–H groups in total. The second-order valence-electron chi connectivity index (χ2n) is 7.14. The monoisotopic (exact) mass is 254 g/mol. The fourth-order valence-corrected chi connectivity index (χ4v) is 4.92. The SMILES string of the molecule is CCO[C@@]12CC[C@@H]3C(C)(C)[C@@H](O)CC[C@]3(CO1)C2. The van der Waals surface area contributed by atoms with Gasteiger partial charge >= 0.3 is 0 Å². The number of rotatable bonds is 2. The molecule has 3 rings (SSSR count). The van der Waals surface area contributed by atoms with Crippen molar-refractivity contribution < 1.29 is 14.6 Å². The van der Waals surface area contributed by atoms with E-state index in [4.69, 9.17) is 9.47 Å². The maximum Gasteiger partial charge on any atom is 0.168 e. The van der Waals surface area contributed by atoms with E-state index in [1.807, 2.05) is 6.92 Å². The van der Waals surface area contributed by atoms with Gasteiger partial charge in [0.25, 0.3) is 0 Å². The van der Waals surface area contributed by atoms with Gasteiger partial charge in [-0.1, -0.05) is 13.8 Å². The van der Waals surface area contributed by atoms with Gasteiger partial charge in [-0.05, 0) is 37.5 Å². The van der Waals surface area contributed by atoms with Crippen molar-refractivity contribution in [3.05, 3.63) is 0 Å². The van der Waals surface area contributed by atoms with Crippen molar-refractivity contribution in [3.63, 3.8) is 0 Å². The molecule has 0 unspecified atom stereocenters. The standard InChI is InChI=1S/C15H26O3/c1-4-17-15-8-5-11-13(2,3)12(16)6-7-14(11,9-15)10-18-15/h11-12,16H,4-10H2,1-3H3/t11-,12+,14-,15+/m1/s1. The minimum atomic E-state index is -0.302. The van der Waals surface area contributed by atoms with Crippen LogP contribution in [0.2, 0.25) is 0 Å². The van der Waals surface area contributed by atoms with Crippen LogP contribution in [0.15, 0.2) is 0 Å². The second kappa shape index (κ2) is 3.94. The normalized spacial score (nSPS) is 50.0. The van der Waals surface area contributed by atoms with Crippen molar-refractivity contribution in [2.24, 2.45) is 16.7 Å². The van der Waals surface area contributed by atoms with Crippen LogP contribution in [-0.4, -0.2) is 30.2 Å². The molecule has 0 aromatic heterocycles. The largest absolute Gasteiger partial charge is 0.393 e. The number of hydrogen-bond acceptors (Lipinski definition) is 3. The highest BCUT2D eigenvalue weighted by Gasteiger charge is 2.63. The zero-order valence-corrected chi connectivity index (χ0v) is 11.9. The maximum absolute atomic E-state index is 10.3. The van der Waals surface area contributed by atoms with Crippen LogP contribution >= 0.6 is 0 Å². The van der Waals surface area contributed by atoms with Crippen molar-refractivity contribution in [3.8, 4) is 0 Å². The quantitative estimate of drug-likeness (QED) is 0.823. The Morgan fingerprint density at radius 1 is 1.28 bits per heavy atom. The molecule has 18 heavy (non-hydrogen) atoms. The molecule has 4 atom stereocenters. The van der Waals surface area contributed by atoms with Crippen LogP contribution in [0.25, 0.3) is 0 Å². The van der Waals surface area contributed by atoms with E-state index in [1.165, 1.54) is 0 Å². The lowest BCUT2D eigenvalue weighted by Crippen LogP contribution is -2.54. The molecule has 1 saturated heterocycles. The molecule has 1 spiro atoms. The summed E-state index contributed by atoms with van der Waals surface area (Å²) in [6.45, 7) is 8.06. The van der Waals surface area contributed by atoms with Crippen molar-refractivity contribution in [1.82, 2.24) is 0 Å². The Hall–Kier alpha value is -0.120. The third-order valence-corrected chi connectivity index (χ3v) is 5.88. The topological polar surface area (TPSA) is 38.7 Å². The molecule has 0 amide bonds. The van der Waals surface area contributed by atoms with E-state index < -0.39 is 0 Å². The number of hydrogen-bond donors (Lipinski definition) is 1. The number of aliphatic hydroxyl groups is 1. The number of fused-ring (bicyclic) bond motifs is 1. The van der Waals surface area contributed by atoms with Gasteiger partial charge in [-0.2, -0.15) is 0 Å². The van der Waals surface area contributed by atoms with Crippen LogP contribution < -0.4 is 0 Å². The van der Waals surface area contributed by atoms with E-state index in [0.29, 0.717) is 5.92 Å². The van der Waals surface area contributed by atoms with Crippen LogP contribution in [0.5, 0.6) is 0 Å². The summed E-state index contributed by atoms with van der Waals surface area (Å²) < 4.78 is 12.0. The van der Waals surface area contributed by atoms with Gasteiger partial charge in [0.1, 0.15) is 0 Å². The van der Waals surface area contributed by atoms with Gasteiger partial charge in [0.2, 0.25) is 0 Å². The number of aliphatic hydroxyl groups excluding tert-OH is 1. The van der Waals surface area contributed by atoms with E-state index in [2.05, 4.69) is 13.8 Å². The zero-order chi connectivity index (χ0) is 13.0. The van der Waals surface area contributed by atoms with E-state index in [0.717, 1.165) is 45.3 Å². The van der Waals surface area contributed by atoms with E-state index >= 15 is 0 Å². The lowest BCUT2D eigenvalue weighted by atomic mass is 9.50. The molecule has 0 radical (unpaired) electrons. The Morgan fingerprint density at radius 3 is 2.78 bits per heavy atom. The van der Waals surface area contributed by atoms with Crippen molar-refractivity contribution in [2.75, 3.05) is 13.2 Å². The third kappa shape index (κ3) is 1.60. The first kappa shape index (κ1) is 12.9. The zero-order valence-electron chi connectivity index (χ0n) is 11.9. The van der Waals surface area contributed by atoms with Crippen LogP contribution in [0.1, 0.15) is 52.9 Å². The molecular weight excluding hydrogens is 228 g/mol. The van der Waals surface area contributed by atoms with Crippen LogP contribution in [-0.2, 0) is 9.47 Å². The smallest absolute Gasteiger partial charge is 0.168 e. The Kier molecular flexibility index (Phi) is 2.82. The molecule has 1 aliphatic heterocycles. The molecule has 3 fully saturated rings. The van der Waals surface area contributed by atoms with Crippen LogP contribution in [0.3, 0.4) is 0 Å². The second-order valence-corrected chi connectivity index (χ2v) is 7.14. The highest BCUT2D eigenvalue weighted by Crippen LogP contribution is 2.63. The predicted molar refractivity (Wildman–Crippen MR) is 69.1 cm³/mol. The Balaban J connectivity index is 1.89. The molecule has 3 heteroatoms. The Bertz CT molecular complexity index is 341. The van der Waals surface area contributed by atoms with E-state index in [-0.39, 0.29) is 22.7 Å².